The number of benzene rings is 1. The molecule has 100 valence electrons. The van der Waals surface area contributed by atoms with E-state index in [0.717, 1.165) is 6.42 Å². The molecule has 0 aliphatic rings. The second-order valence-electron chi connectivity index (χ2n) is 4.06. The van der Waals surface area contributed by atoms with Gasteiger partial charge in [-0.3, -0.25) is 0 Å². The molecule has 19 heavy (non-hydrogen) atoms. The van der Waals surface area contributed by atoms with Crippen molar-refractivity contribution in [2.45, 2.75) is 13.3 Å². The summed E-state index contributed by atoms with van der Waals surface area (Å²) in [6.07, 6.45) is 0.844. The highest BCUT2D eigenvalue weighted by atomic mass is 16.5. The number of hydrogen-bond acceptors (Lipinski definition) is 4. The lowest BCUT2D eigenvalue weighted by Gasteiger charge is -2.09. The predicted octanol–water partition coefficient (Wildman–Crippen LogP) is 2.68. The molecular weight excluding hydrogens is 240 g/mol. The molecule has 0 amide bonds. The number of anilines is 1. The average molecular weight is 258 g/mol. The summed E-state index contributed by atoms with van der Waals surface area (Å²) in [5, 5.41) is 0. The van der Waals surface area contributed by atoms with Gasteiger partial charge in [-0.05, 0) is 18.6 Å². The molecule has 2 aromatic rings. The van der Waals surface area contributed by atoms with Crippen molar-refractivity contribution in [1.82, 2.24) is 4.98 Å². The quantitative estimate of drug-likeness (QED) is 0.865. The number of hydrogen-bond donors (Lipinski definition) is 1. The summed E-state index contributed by atoms with van der Waals surface area (Å²) in [7, 11) is 0. The van der Waals surface area contributed by atoms with Crippen LogP contribution in [0.15, 0.2) is 42.5 Å². The van der Waals surface area contributed by atoms with E-state index < -0.39 is 0 Å². The first-order valence-electron chi connectivity index (χ1n) is 6.35. The van der Waals surface area contributed by atoms with Crippen molar-refractivity contribution in [3.05, 3.63) is 48.0 Å². The van der Waals surface area contributed by atoms with Crippen LogP contribution in [0.1, 0.15) is 12.5 Å². The first kappa shape index (κ1) is 13.2. The lowest BCUT2D eigenvalue weighted by Crippen LogP contribution is -2.05. The average Bonchev–Trinajstić information content (AvgIpc) is 2.44. The van der Waals surface area contributed by atoms with Crippen LogP contribution in [0.25, 0.3) is 0 Å². The van der Waals surface area contributed by atoms with Crippen LogP contribution in [-0.2, 0) is 6.42 Å². The topological polar surface area (TPSA) is 57.4 Å². The maximum atomic E-state index is 5.75. The molecule has 0 saturated heterocycles. The van der Waals surface area contributed by atoms with Crippen molar-refractivity contribution in [3.8, 4) is 11.8 Å². The minimum absolute atomic E-state index is 0.430. The largest absolute Gasteiger partial charge is 0.477 e. The zero-order chi connectivity index (χ0) is 13.5. The molecule has 0 atom stereocenters. The Kier molecular flexibility index (Phi) is 4.61. The van der Waals surface area contributed by atoms with Crippen LogP contribution in [0.5, 0.6) is 11.8 Å². The zero-order valence-corrected chi connectivity index (χ0v) is 11.0. The molecule has 0 aliphatic heterocycles. The third kappa shape index (κ3) is 3.88. The molecule has 0 saturated carbocycles. The fourth-order valence-electron chi connectivity index (χ4n) is 1.69. The molecule has 1 heterocycles. The highest BCUT2D eigenvalue weighted by Crippen LogP contribution is 2.22. The minimum Gasteiger partial charge on any atom is -0.477 e. The van der Waals surface area contributed by atoms with E-state index in [1.165, 1.54) is 5.56 Å². The van der Waals surface area contributed by atoms with Crippen molar-refractivity contribution >= 4 is 5.69 Å². The lowest BCUT2D eigenvalue weighted by molar-refractivity contribution is 0.291. The Morgan fingerprint density at radius 1 is 1.05 bits per heavy atom. The highest BCUT2D eigenvalue weighted by Gasteiger charge is 2.04. The van der Waals surface area contributed by atoms with Gasteiger partial charge in [0.1, 0.15) is 0 Å². The van der Waals surface area contributed by atoms with Gasteiger partial charge in [0.2, 0.25) is 11.8 Å². The van der Waals surface area contributed by atoms with Crippen molar-refractivity contribution in [2.24, 2.45) is 0 Å². The predicted molar refractivity (Wildman–Crippen MR) is 75.5 cm³/mol. The highest BCUT2D eigenvalue weighted by molar-refractivity contribution is 5.49. The Bertz CT molecular complexity index is 515. The first-order valence-corrected chi connectivity index (χ1v) is 6.35. The Morgan fingerprint density at radius 3 is 2.58 bits per heavy atom. The summed E-state index contributed by atoms with van der Waals surface area (Å²) in [5.41, 5.74) is 7.52. The van der Waals surface area contributed by atoms with Crippen molar-refractivity contribution < 1.29 is 9.47 Å². The molecule has 2 N–H and O–H groups in total. The number of nitrogen functional groups attached to an aromatic ring is 1. The van der Waals surface area contributed by atoms with Gasteiger partial charge < -0.3 is 15.2 Å². The Labute approximate surface area is 113 Å². The third-order valence-electron chi connectivity index (χ3n) is 2.63. The van der Waals surface area contributed by atoms with Crippen LogP contribution in [-0.4, -0.2) is 18.2 Å². The molecule has 0 spiro atoms. The molecular formula is C15H18N2O2. The van der Waals surface area contributed by atoms with Crippen LogP contribution in [0, 0.1) is 0 Å². The van der Waals surface area contributed by atoms with Crippen molar-refractivity contribution in [2.75, 3.05) is 18.9 Å². The van der Waals surface area contributed by atoms with Crippen LogP contribution in [0.4, 0.5) is 5.69 Å². The van der Waals surface area contributed by atoms with Gasteiger partial charge in [0.25, 0.3) is 0 Å². The number of aromatic nitrogens is 1. The number of nitrogens with zero attached hydrogens (tertiary/aromatic N) is 1. The van der Waals surface area contributed by atoms with E-state index in [4.69, 9.17) is 15.2 Å². The van der Waals surface area contributed by atoms with E-state index in [2.05, 4.69) is 17.1 Å². The molecule has 0 radical (unpaired) electrons. The molecule has 2 rings (SSSR count). The first-order chi connectivity index (χ1) is 9.29. The van der Waals surface area contributed by atoms with Crippen LogP contribution < -0.4 is 15.2 Å². The summed E-state index contributed by atoms with van der Waals surface area (Å²) in [6.45, 7) is 3.00. The Balaban J connectivity index is 1.91. The zero-order valence-electron chi connectivity index (χ0n) is 11.0. The number of nitrogens with two attached hydrogens (primary N) is 1. The van der Waals surface area contributed by atoms with Gasteiger partial charge in [-0.25, -0.2) is 0 Å². The molecule has 0 aliphatic carbocycles. The van der Waals surface area contributed by atoms with Gasteiger partial charge in [0.15, 0.2) is 0 Å². The van der Waals surface area contributed by atoms with Crippen molar-refractivity contribution in [3.63, 3.8) is 0 Å². The number of pyridine rings is 1. The van der Waals surface area contributed by atoms with Gasteiger partial charge >= 0.3 is 0 Å². The fourth-order valence-corrected chi connectivity index (χ4v) is 1.69. The monoisotopic (exact) mass is 258 g/mol. The van der Waals surface area contributed by atoms with Crippen LogP contribution in [0.2, 0.25) is 0 Å². The van der Waals surface area contributed by atoms with Gasteiger partial charge in [0.05, 0.1) is 18.9 Å². The number of rotatable bonds is 6. The molecule has 0 fully saturated rings. The molecule has 0 bridgehead atoms. The van der Waals surface area contributed by atoms with Crippen molar-refractivity contribution in [1.29, 1.82) is 0 Å². The van der Waals surface area contributed by atoms with Crippen LogP contribution in [0.3, 0.4) is 0 Å². The fraction of sp³-hybridized carbons (Fsp3) is 0.267. The Morgan fingerprint density at radius 2 is 1.84 bits per heavy atom. The Hall–Kier alpha value is -2.23. The summed E-state index contributed by atoms with van der Waals surface area (Å²) in [6, 6.07) is 13.7. The van der Waals surface area contributed by atoms with Crippen LogP contribution >= 0.6 is 0 Å². The van der Waals surface area contributed by atoms with Gasteiger partial charge in [-0.15, -0.1) is 0 Å². The summed E-state index contributed by atoms with van der Waals surface area (Å²) in [4.78, 5) is 4.22. The summed E-state index contributed by atoms with van der Waals surface area (Å²) in [5.74, 6) is 0.966. The molecule has 1 aromatic heterocycles. The van der Waals surface area contributed by atoms with E-state index in [1.807, 2.05) is 25.1 Å². The van der Waals surface area contributed by atoms with Gasteiger partial charge in [0, 0.05) is 12.5 Å². The number of ether oxygens (including phenoxy) is 2. The van der Waals surface area contributed by atoms with E-state index in [-0.39, 0.29) is 0 Å². The molecule has 1 aromatic carbocycles. The standard InChI is InChI=1S/C15H18N2O2/c1-2-18-15-13(16)8-9-14(17-15)19-11-10-12-6-4-3-5-7-12/h3-9H,2,10-11,16H2,1H3. The second-order valence-corrected chi connectivity index (χ2v) is 4.06. The van der Waals surface area contributed by atoms with Gasteiger partial charge in [-0.2, -0.15) is 4.98 Å². The molecule has 4 nitrogen and oxygen atoms in total. The molecule has 0 unspecified atom stereocenters. The summed E-state index contributed by atoms with van der Waals surface area (Å²) >= 11 is 0. The van der Waals surface area contributed by atoms with E-state index in [0.29, 0.717) is 30.7 Å². The smallest absolute Gasteiger partial charge is 0.240 e. The van der Waals surface area contributed by atoms with E-state index >= 15 is 0 Å². The maximum absolute atomic E-state index is 5.75. The lowest BCUT2D eigenvalue weighted by atomic mass is 10.2. The summed E-state index contributed by atoms with van der Waals surface area (Å²) < 4.78 is 10.9. The second kappa shape index (κ2) is 6.64. The molecule has 4 heteroatoms. The maximum Gasteiger partial charge on any atom is 0.240 e. The normalized spacial score (nSPS) is 10.2. The van der Waals surface area contributed by atoms with E-state index in [1.54, 1.807) is 12.1 Å². The minimum atomic E-state index is 0.430. The third-order valence-corrected chi connectivity index (χ3v) is 2.63. The van der Waals surface area contributed by atoms with E-state index in [9.17, 15) is 0 Å². The van der Waals surface area contributed by atoms with Gasteiger partial charge in [-0.1, -0.05) is 30.3 Å². The SMILES string of the molecule is CCOc1nc(OCCc2ccccc2)ccc1N.